The van der Waals surface area contributed by atoms with E-state index in [0.717, 1.165) is 11.8 Å². The molecule has 0 aromatic rings. The van der Waals surface area contributed by atoms with Gasteiger partial charge in [-0.15, -0.1) is 0 Å². The molecule has 1 nitrogen and oxygen atoms in total. The smallest absolute Gasteiger partial charge is 0.00924 e. The molecule has 2 fully saturated rings. The maximum absolute atomic E-state index is 4.61. The molecule has 0 radical (unpaired) electrons. The van der Waals surface area contributed by atoms with E-state index in [0.29, 0.717) is 5.41 Å². The van der Waals surface area contributed by atoms with Crippen LogP contribution < -0.4 is 0 Å². The molecule has 2 saturated carbocycles. The Morgan fingerprint density at radius 1 is 1.13 bits per heavy atom. The van der Waals surface area contributed by atoms with Gasteiger partial charge in [0.1, 0.15) is 0 Å². The number of hydrogen-bond donors (Lipinski definition) is 1. The molecule has 0 N–H and O–H groups in total. The van der Waals surface area contributed by atoms with E-state index in [1.54, 1.807) is 0 Å². The van der Waals surface area contributed by atoms with Crippen molar-refractivity contribution in [1.82, 2.24) is 4.90 Å². The van der Waals surface area contributed by atoms with Crippen LogP contribution >= 0.6 is 12.6 Å². The van der Waals surface area contributed by atoms with E-state index in [1.807, 2.05) is 0 Å². The van der Waals surface area contributed by atoms with Crippen LogP contribution in [0.4, 0.5) is 0 Å². The Labute approximate surface area is 100 Å². The normalized spacial score (nSPS) is 26.6. The first-order valence-electron chi connectivity index (χ1n) is 6.57. The predicted octanol–water partition coefficient (Wildman–Crippen LogP) is 3.35. The van der Waals surface area contributed by atoms with Crippen LogP contribution in [0.1, 0.15) is 51.4 Å². The molecule has 15 heavy (non-hydrogen) atoms. The highest BCUT2D eigenvalue weighted by atomic mass is 32.1. The van der Waals surface area contributed by atoms with Crippen LogP contribution in [0.3, 0.4) is 0 Å². The fourth-order valence-corrected chi connectivity index (χ4v) is 3.57. The summed E-state index contributed by atoms with van der Waals surface area (Å²) in [4.78, 5) is 2.62. The maximum Gasteiger partial charge on any atom is 0.00924 e. The van der Waals surface area contributed by atoms with Gasteiger partial charge in [-0.05, 0) is 43.9 Å². The summed E-state index contributed by atoms with van der Waals surface area (Å²) in [6, 6.07) is 0.892. The fourth-order valence-electron chi connectivity index (χ4n) is 3.15. The van der Waals surface area contributed by atoms with Gasteiger partial charge in [-0.25, -0.2) is 0 Å². The second-order valence-corrected chi connectivity index (χ2v) is 6.03. The fraction of sp³-hybridized carbons (Fsp3) is 1.00. The van der Waals surface area contributed by atoms with Crippen molar-refractivity contribution in [3.63, 3.8) is 0 Å². The summed E-state index contributed by atoms with van der Waals surface area (Å²) in [5, 5.41) is 0. The third kappa shape index (κ3) is 2.71. The molecule has 2 aliphatic carbocycles. The molecule has 2 rings (SSSR count). The van der Waals surface area contributed by atoms with Crippen molar-refractivity contribution in [2.24, 2.45) is 5.41 Å². The van der Waals surface area contributed by atoms with E-state index in [4.69, 9.17) is 0 Å². The van der Waals surface area contributed by atoms with E-state index >= 15 is 0 Å². The van der Waals surface area contributed by atoms with Gasteiger partial charge in [0.05, 0.1) is 0 Å². The molecule has 0 aliphatic heterocycles. The molecule has 0 aromatic heterocycles. The predicted molar refractivity (Wildman–Crippen MR) is 69.6 cm³/mol. The van der Waals surface area contributed by atoms with Crippen molar-refractivity contribution in [2.75, 3.05) is 19.3 Å². The molecule has 0 saturated heterocycles. The lowest BCUT2D eigenvalue weighted by Crippen LogP contribution is -2.45. The lowest BCUT2D eigenvalue weighted by Gasteiger charge is -2.44. The average Bonchev–Trinajstić information content (AvgIpc) is 2.16. The number of nitrogens with zero attached hydrogens (tertiary/aromatic N) is 1. The van der Waals surface area contributed by atoms with Gasteiger partial charge in [0.2, 0.25) is 0 Å². The topological polar surface area (TPSA) is 3.24 Å². The summed E-state index contributed by atoms with van der Waals surface area (Å²) in [7, 11) is 2.32. The van der Waals surface area contributed by atoms with Crippen LogP contribution in [0.25, 0.3) is 0 Å². The minimum Gasteiger partial charge on any atom is -0.303 e. The molecule has 0 bridgehead atoms. The second kappa shape index (κ2) is 5.09. The van der Waals surface area contributed by atoms with Crippen LogP contribution in [-0.2, 0) is 0 Å². The lowest BCUT2D eigenvalue weighted by atomic mass is 9.74. The van der Waals surface area contributed by atoms with Gasteiger partial charge in [0, 0.05) is 12.6 Å². The first-order chi connectivity index (χ1) is 7.26. The van der Waals surface area contributed by atoms with E-state index in [2.05, 4.69) is 24.6 Å². The van der Waals surface area contributed by atoms with E-state index in [1.165, 1.54) is 57.9 Å². The first-order valence-corrected chi connectivity index (χ1v) is 7.20. The summed E-state index contributed by atoms with van der Waals surface area (Å²) in [5.41, 5.74) is 0.547. The van der Waals surface area contributed by atoms with Crippen molar-refractivity contribution < 1.29 is 0 Å². The largest absolute Gasteiger partial charge is 0.303 e. The monoisotopic (exact) mass is 227 g/mol. The first kappa shape index (κ1) is 11.8. The number of rotatable bonds is 4. The number of thiol groups is 1. The van der Waals surface area contributed by atoms with Gasteiger partial charge in [0.25, 0.3) is 0 Å². The lowest BCUT2D eigenvalue weighted by molar-refractivity contribution is 0.0813. The molecule has 88 valence electrons. The van der Waals surface area contributed by atoms with Gasteiger partial charge in [-0.2, -0.15) is 12.6 Å². The molecule has 0 aromatic carbocycles. The zero-order chi connectivity index (χ0) is 10.7. The SMILES string of the molecule is CN(CC1(CS)CCCCC1)C1CCC1. The molecule has 0 atom stereocenters. The van der Waals surface area contributed by atoms with E-state index < -0.39 is 0 Å². The number of hydrogen-bond acceptors (Lipinski definition) is 2. The Hall–Kier alpha value is 0.310. The highest BCUT2D eigenvalue weighted by Gasteiger charge is 2.34. The third-order valence-corrected chi connectivity index (χ3v) is 5.20. The van der Waals surface area contributed by atoms with Gasteiger partial charge in [-0.1, -0.05) is 25.7 Å². The molecule has 0 heterocycles. The summed E-state index contributed by atoms with van der Waals surface area (Å²) >= 11 is 4.61. The molecule has 2 heteroatoms. The standard InChI is InChI=1S/C13H25NS/c1-14(12-6-5-7-12)10-13(11-15)8-3-2-4-9-13/h12,15H,2-11H2,1H3. The van der Waals surface area contributed by atoms with Crippen LogP contribution in [0, 0.1) is 5.41 Å². The second-order valence-electron chi connectivity index (χ2n) is 5.72. The molecule has 2 aliphatic rings. The van der Waals surface area contributed by atoms with Crippen LogP contribution in [-0.4, -0.2) is 30.3 Å². The Balaban J connectivity index is 1.87. The summed E-state index contributed by atoms with van der Waals surface area (Å²) in [5.74, 6) is 1.09. The highest BCUT2D eigenvalue weighted by Crippen LogP contribution is 2.39. The Bertz CT molecular complexity index is 195. The van der Waals surface area contributed by atoms with Crippen molar-refractivity contribution >= 4 is 12.6 Å². The average molecular weight is 227 g/mol. The van der Waals surface area contributed by atoms with E-state index in [9.17, 15) is 0 Å². The Morgan fingerprint density at radius 3 is 2.27 bits per heavy atom. The molecule has 0 unspecified atom stereocenters. The van der Waals surface area contributed by atoms with Gasteiger partial charge < -0.3 is 4.90 Å². The van der Waals surface area contributed by atoms with Crippen LogP contribution in [0.5, 0.6) is 0 Å². The van der Waals surface area contributed by atoms with Gasteiger partial charge >= 0.3 is 0 Å². The van der Waals surface area contributed by atoms with Gasteiger partial charge in [-0.3, -0.25) is 0 Å². The van der Waals surface area contributed by atoms with Crippen molar-refractivity contribution in [1.29, 1.82) is 0 Å². The summed E-state index contributed by atoms with van der Waals surface area (Å²) in [6.45, 7) is 1.29. The highest BCUT2D eigenvalue weighted by molar-refractivity contribution is 7.80. The molecule has 0 amide bonds. The zero-order valence-electron chi connectivity index (χ0n) is 10.0. The molecular weight excluding hydrogens is 202 g/mol. The summed E-state index contributed by atoms with van der Waals surface area (Å²) in [6.07, 6.45) is 11.4. The summed E-state index contributed by atoms with van der Waals surface area (Å²) < 4.78 is 0. The van der Waals surface area contributed by atoms with Gasteiger partial charge in [0.15, 0.2) is 0 Å². The molecule has 0 spiro atoms. The van der Waals surface area contributed by atoms with Crippen LogP contribution in [0.2, 0.25) is 0 Å². The zero-order valence-corrected chi connectivity index (χ0v) is 10.9. The third-order valence-electron chi connectivity index (χ3n) is 4.53. The molecular formula is C13H25NS. The van der Waals surface area contributed by atoms with E-state index in [-0.39, 0.29) is 0 Å². The quantitative estimate of drug-likeness (QED) is 0.721. The minimum atomic E-state index is 0.547. The van der Waals surface area contributed by atoms with Crippen LogP contribution in [0.15, 0.2) is 0 Å². The van der Waals surface area contributed by atoms with Crippen molar-refractivity contribution in [2.45, 2.75) is 57.4 Å². The Morgan fingerprint density at radius 2 is 1.80 bits per heavy atom. The minimum absolute atomic E-state index is 0.547. The van der Waals surface area contributed by atoms with Crippen molar-refractivity contribution in [3.8, 4) is 0 Å². The maximum atomic E-state index is 4.61. The van der Waals surface area contributed by atoms with Crippen molar-refractivity contribution in [3.05, 3.63) is 0 Å². The Kier molecular flexibility index (Phi) is 4.00.